The summed E-state index contributed by atoms with van der Waals surface area (Å²) < 4.78 is 10.1. The van der Waals surface area contributed by atoms with E-state index in [1.54, 1.807) is 0 Å². The maximum absolute atomic E-state index is 2.65. The van der Waals surface area contributed by atoms with Crippen molar-refractivity contribution in [2.24, 2.45) is 0 Å². The summed E-state index contributed by atoms with van der Waals surface area (Å²) >= 11 is 3.92. The summed E-state index contributed by atoms with van der Waals surface area (Å²) in [6.07, 6.45) is 0. The molecule has 338 valence electrons. The third kappa shape index (κ3) is 4.70. The molecule has 0 spiro atoms. The molecular formula is C66H36B2N4S2. The zero-order valence-corrected chi connectivity index (χ0v) is 41.2. The van der Waals surface area contributed by atoms with Gasteiger partial charge in [-0.2, -0.15) is 0 Å². The number of fused-ring (bicyclic) bond motifs is 20. The summed E-state index contributed by atoms with van der Waals surface area (Å²) in [7, 11) is 0. The summed E-state index contributed by atoms with van der Waals surface area (Å²) in [6, 6.07) is 82.9. The molecule has 4 aliphatic heterocycles. The Labute approximate surface area is 433 Å². The monoisotopic (exact) mass is 970 g/mol. The van der Waals surface area contributed by atoms with Crippen LogP contribution in [0.5, 0.6) is 0 Å². The fourth-order valence-electron chi connectivity index (χ4n) is 14.4. The normalized spacial score (nSPS) is 13.8. The van der Waals surface area contributed by atoms with Crippen molar-refractivity contribution < 1.29 is 0 Å². The van der Waals surface area contributed by atoms with E-state index in [1.165, 1.54) is 162 Å². The Hall–Kier alpha value is -8.55. The molecule has 0 amide bonds. The highest BCUT2D eigenvalue weighted by Crippen LogP contribution is 2.46. The van der Waals surface area contributed by atoms with Gasteiger partial charge < -0.3 is 18.3 Å². The molecule has 74 heavy (non-hydrogen) atoms. The van der Waals surface area contributed by atoms with Crippen LogP contribution in [0.3, 0.4) is 0 Å². The molecule has 0 bridgehead atoms. The molecule has 0 radical (unpaired) electrons. The number of hydrogen-bond acceptors (Lipinski definition) is 2. The van der Waals surface area contributed by atoms with Crippen LogP contribution in [0.1, 0.15) is 0 Å². The predicted molar refractivity (Wildman–Crippen MR) is 314 cm³/mol. The van der Waals surface area contributed by atoms with Crippen molar-refractivity contribution >= 4 is 157 Å². The van der Waals surface area contributed by atoms with Gasteiger partial charge in [-0.05, 0) is 113 Å². The lowest BCUT2D eigenvalue weighted by molar-refractivity contribution is 1.17. The standard InChI is InChI=1S/C66H36B2N4S2/c1-3-15-37(16-4-1)69-51-25-9-7-19-39(51)43-31-57-45(33-55(43)69)41-21-11-23-47-65(41)71(57)53-27-13-29-59-63(53)67(47)49-35-50-62(36-61(49)73-59)74-60-30-14-28-54-64(60)68(50)48-24-12-22-42-46-34-56-44(32-58(46)72(54)66(42)48)40-20-8-10-26-52(40)70(56)38-17-5-2-6-18-38/h1-36H. The molecule has 4 aromatic heterocycles. The van der Waals surface area contributed by atoms with E-state index in [2.05, 4.69) is 237 Å². The first-order valence-corrected chi connectivity index (χ1v) is 27.3. The van der Waals surface area contributed by atoms with E-state index in [4.69, 9.17) is 0 Å². The largest absolute Gasteiger partial charge is 0.310 e. The number of hydrogen-bond donors (Lipinski definition) is 0. The maximum Gasteiger partial charge on any atom is 0.249 e. The molecule has 8 heteroatoms. The molecule has 11 aromatic carbocycles. The third-order valence-electron chi connectivity index (χ3n) is 17.2. The van der Waals surface area contributed by atoms with Gasteiger partial charge in [-0.3, -0.25) is 0 Å². The minimum atomic E-state index is 0.0851. The van der Waals surface area contributed by atoms with Crippen molar-refractivity contribution in [2.45, 2.75) is 19.6 Å². The van der Waals surface area contributed by atoms with Crippen LogP contribution in [0.15, 0.2) is 238 Å². The maximum atomic E-state index is 2.65. The average Bonchev–Trinajstić information content (AvgIpc) is 4.17. The molecule has 0 aliphatic carbocycles. The van der Waals surface area contributed by atoms with E-state index >= 15 is 0 Å². The first-order chi connectivity index (χ1) is 36.7. The van der Waals surface area contributed by atoms with Crippen molar-refractivity contribution in [3.63, 3.8) is 0 Å². The zero-order valence-electron chi connectivity index (χ0n) is 39.5. The van der Waals surface area contributed by atoms with Gasteiger partial charge in [0.1, 0.15) is 0 Å². The van der Waals surface area contributed by atoms with Crippen molar-refractivity contribution in [1.82, 2.24) is 18.3 Å². The van der Waals surface area contributed by atoms with E-state index in [0.29, 0.717) is 0 Å². The lowest BCUT2D eigenvalue weighted by atomic mass is 9.32. The Morgan fingerprint density at radius 1 is 0.257 bits per heavy atom. The van der Waals surface area contributed by atoms with Gasteiger partial charge in [-0.1, -0.05) is 162 Å². The fourth-order valence-corrected chi connectivity index (χ4v) is 16.9. The Balaban J connectivity index is 0.849. The van der Waals surface area contributed by atoms with E-state index in [1.807, 2.05) is 23.5 Å². The van der Waals surface area contributed by atoms with Gasteiger partial charge in [-0.15, -0.1) is 0 Å². The van der Waals surface area contributed by atoms with E-state index < -0.39 is 0 Å². The molecule has 4 aliphatic rings. The quantitative estimate of drug-likeness (QED) is 0.161. The highest BCUT2D eigenvalue weighted by Gasteiger charge is 2.44. The van der Waals surface area contributed by atoms with Crippen LogP contribution < -0.4 is 32.8 Å². The van der Waals surface area contributed by atoms with Gasteiger partial charge in [0.25, 0.3) is 0 Å². The molecule has 0 fully saturated rings. The van der Waals surface area contributed by atoms with Gasteiger partial charge in [0, 0.05) is 96.5 Å². The lowest BCUT2D eigenvalue weighted by Crippen LogP contribution is -2.62. The highest BCUT2D eigenvalue weighted by atomic mass is 32.2. The Morgan fingerprint density at radius 3 is 1.12 bits per heavy atom. The Morgan fingerprint density at radius 2 is 0.649 bits per heavy atom. The van der Waals surface area contributed by atoms with Crippen LogP contribution in [-0.4, -0.2) is 31.7 Å². The SMILES string of the molecule is c1ccc(-n2c3ccccc3c3cc4c(cc32)c2cccc3c2n4-c2cccc4c2B3c2cc3c(cc2S4)Sc2cccc4c2B3c2cccc3c5cc6c(cc5n-4c23)c2ccccc2n6-c2ccccc2)cc1. The van der Waals surface area contributed by atoms with Crippen LogP contribution in [0.2, 0.25) is 0 Å². The molecule has 0 saturated heterocycles. The second-order valence-electron chi connectivity index (χ2n) is 20.7. The Bertz CT molecular complexity index is 4790. The van der Waals surface area contributed by atoms with Crippen molar-refractivity contribution in [2.75, 3.05) is 0 Å². The van der Waals surface area contributed by atoms with Crippen LogP contribution >= 0.6 is 23.5 Å². The number of aromatic nitrogens is 4. The summed E-state index contributed by atoms with van der Waals surface area (Å²) in [5.41, 5.74) is 23.5. The molecule has 0 saturated carbocycles. The van der Waals surface area contributed by atoms with Crippen molar-refractivity contribution in [3.8, 4) is 22.7 Å². The van der Waals surface area contributed by atoms with Gasteiger partial charge >= 0.3 is 0 Å². The molecule has 8 heterocycles. The topological polar surface area (TPSA) is 19.7 Å². The minimum absolute atomic E-state index is 0.0851. The van der Waals surface area contributed by atoms with E-state index in [9.17, 15) is 0 Å². The predicted octanol–water partition coefficient (Wildman–Crippen LogP) is 12.7. The van der Waals surface area contributed by atoms with Gasteiger partial charge in [0.2, 0.25) is 13.4 Å². The first-order valence-electron chi connectivity index (χ1n) is 25.6. The summed E-state index contributed by atoms with van der Waals surface area (Å²) in [5.74, 6) is 0. The van der Waals surface area contributed by atoms with E-state index in [0.717, 1.165) is 0 Å². The number of rotatable bonds is 2. The van der Waals surface area contributed by atoms with Crippen molar-refractivity contribution in [1.29, 1.82) is 0 Å². The summed E-state index contributed by atoms with van der Waals surface area (Å²) in [6.45, 7) is 0.170. The molecule has 15 aromatic rings. The molecule has 0 N–H and O–H groups in total. The lowest BCUT2D eigenvalue weighted by Gasteiger charge is -2.36. The summed E-state index contributed by atoms with van der Waals surface area (Å²) in [4.78, 5) is 5.42. The van der Waals surface area contributed by atoms with Gasteiger partial charge in [-0.25, -0.2) is 0 Å². The van der Waals surface area contributed by atoms with Crippen LogP contribution in [-0.2, 0) is 0 Å². The molecule has 0 atom stereocenters. The minimum Gasteiger partial charge on any atom is -0.310 e. The van der Waals surface area contributed by atoms with Gasteiger partial charge in [0.05, 0.1) is 33.1 Å². The van der Waals surface area contributed by atoms with Crippen molar-refractivity contribution in [3.05, 3.63) is 218 Å². The smallest absolute Gasteiger partial charge is 0.249 e. The highest BCUT2D eigenvalue weighted by molar-refractivity contribution is 8.01. The third-order valence-corrected chi connectivity index (χ3v) is 19.5. The summed E-state index contributed by atoms with van der Waals surface area (Å²) in [5, 5.41) is 10.3. The second-order valence-corrected chi connectivity index (χ2v) is 22.9. The van der Waals surface area contributed by atoms with Crippen LogP contribution in [0.4, 0.5) is 0 Å². The number of benzene rings is 11. The molecular weight excluding hydrogens is 935 g/mol. The van der Waals surface area contributed by atoms with E-state index in [-0.39, 0.29) is 13.4 Å². The first kappa shape index (κ1) is 39.0. The second kappa shape index (κ2) is 13.7. The molecule has 4 nitrogen and oxygen atoms in total. The fraction of sp³-hybridized carbons (Fsp3) is 0. The van der Waals surface area contributed by atoms with Crippen LogP contribution in [0.25, 0.3) is 110 Å². The number of nitrogens with zero attached hydrogens (tertiary/aromatic N) is 4. The zero-order chi connectivity index (χ0) is 47.7. The Kier molecular flexibility index (Phi) is 7.25. The number of para-hydroxylation sites is 6. The van der Waals surface area contributed by atoms with Gasteiger partial charge in [0.15, 0.2) is 0 Å². The van der Waals surface area contributed by atoms with Crippen LogP contribution in [0, 0.1) is 0 Å². The molecule has 0 unspecified atom stereocenters. The molecule has 19 rings (SSSR count). The average molecular weight is 971 g/mol.